The quantitative estimate of drug-likeness (QED) is 0.399. The number of carboxylic acid groups (broad SMARTS) is 1. The van der Waals surface area contributed by atoms with Crippen LogP contribution in [0.4, 0.5) is 4.79 Å². The first-order valence-corrected chi connectivity index (χ1v) is 9.84. The van der Waals surface area contributed by atoms with E-state index in [1.165, 1.54) is 24.3 Å². The number of benzene rings is 1. The zero-order chi connectivity index (χ0) is 21.8. The number of amides is 2. The molecule has 3 N–H and O–H groups in total. The molecule has 0 spiro atoms. The van der Waals surface area contributed by atoms with Crippen LogP contribution in [0.15, 0.2) is 24.3 Å². The lowest BCUT2D eigenvalue weighted by molar-refractivity contribution is -0.133. The fraction of sp³-hybridized carbons (Fsp3) is 0.600. The summed E-state index contributed by atoms with van der Waals surface area (Å²) in [5.74, 6) is -0.308. The SMILES string of the molecule is COCCOCCOCCO[C@H]1CCN(C(=O)C(NC(=O)O)c2ccc(O)cc2)C1. The summed E-state index contributed by atoms with van der Waals surface area (Å²) in [5, 5.41) is 20.8. The summed E-state index contributed by atoms with van der Waals surface area (Å²) in [4.78, 5) is 25.6. The lowest BCUT2D eigenvalue weighted by atomic mass is 10.1. The highest BCUT2D eigenvalue weighted by atomic mass is 16.6. The molecule has 1 aromatic carbocycles. The molecule has 0 aliphatic carbocycles. The van der Waals surface area contributed by atoms with Gasteiger partial charge in [-0.25, -0.2) is 4.79 Å². The predicted octanol–water partition coefficient (Wildman–Crippen LogP) is 0.998. The Morgan fingerprint density at radius 2 is 1.73 bits per heavy atom. The van der Waals surface area contributed by atoms with Crippen LogP contribution in [0, 0.1) is 0 Å². The van der Waals surface area contributed by atoms with E-state index in [4.69, 9.17) is 24.1 Å². The van der Waals surface area contributed by atoms with Crippen molar-refractivity contribution >= 4 is 12.0 Å². The van der Waals surface area contributed by atoms with Crippen LogP contribution in [0.25, 0.3) is 0 Å². The van der Waals surface area contributed by atoms with E-state index >= 15 is 0 Å². The van der Waals surface area contributed by atoms with Crippen molar-refractivity contribution in [2.75, 3.05) is 59.8 Å². The van der Waals surface area contributed by atoms with Gasteiger partial charge >= 0.3 is 6.09 Å². The van der Waals surface area contributed by atoms with Gasteiger partial charge in [0.05, 0.1) is 45.7 Å². The van der Waals surface area contributed by atoms with Crippen molar-refractivity contribution in [3.63, 3.8) is 0 Å². The normalized spacial score (nSPS) is 17.1. The number of nitrogens with one attached hydrogen (secondary N) is 1. The number of hydrogen-bond donors (Lipinski definition) is 3. The molecule has 1 aliphatic heterocycles. The number of rotatable bonds is 13. The number of aromatic hydroxyl groups is 1. The summed E-state index contributed by atoms with van der Waals surface area (Å²) in [5.41, 5.74) is 0.464. The van der Waals surface area contributed by atoms with Crippen LogP contribution in [0.2, 0.25) is 0 Å². The number of ether oxygens (including phenoxy) is 4. The average Bonchev–Trinajstić information content (AvgIpc) is 3.20. The summed E-state index contributed by atoms with van der Waals surface area (Å²) in [7, 11) is 1.62. The Hall–Kier alpha value is -2.40. The highest BCUT2D eigenvalue weighted by Crippen LogP contribution is 2.22. The zero-order valence-electron chi connectivity index (χ0n) is 17.1. The van der Waals surface area contributed by atoms with Gasteiger partial charge in [0.2, 0.25) is 5.91 Å². The second-order valence-corrected chi connectivity index (χ2v) is 6.76. The molecular formula is C20H30N2O8. The van der Waals surface area contributed by atoms with E-state index in [9.17, 15) is 14.7 Å². The summed E-state index contributed by atoms with van der Waals surface area (Å²) >= 11 is 0. The minimum atomic E-state index is -1.29. The smallest absolute Gasteiger partial charge is 0.405 e. The largest absolute Gasteiger partial charge is 0.508 e. The maximum atomic E-state index is 12.9. The first-order valence-electron chi connectivity index (χ1n) is 9.84. The van der Waals surface area contributed by atoms with Crippen LogP contribution in [0.1, 0.15) is 18.0 Å². The first kappa shape index (κ1) is 23.9. The van der Waals surface area contributed by atoms with Crippen LogP contribution in [0.3, 0.4) is 0 Å². The van der Waals surface area contributed by atoms with E-state index in [-0.39, 0.29) is 17.8 Å². The minimum Gasteiger partial charge on any atom is -0.508 e. The van der Waals surface area contributed by atoms with E-state index in [2.05, 4.69) is 5.32 Å². The molecule has 0 aromatic heterocycles. The van der Waals surface area contributed by atoms with Gasteiger partial charge in [0.1, 0.15) is 11.8 Å². The summed E-state index contributed by atoms with van der Waals surface area (Å²) in [6.45, 7) is 3.73. The third-order valence-electron chi connectivity index (χ3n) is 4.58. The number of phenols is 1. The highest BCUT2D eigenvalue weighted by Gasteiger charge is 2.33. The van der Waals surface area contributed by atoms with Gasteiger partial charge in [0, 0.05) is 20.2 Å². The molecule has 1 saturated heterocycles. The number of likely N-dealkylation sites (tertiary alicyclic amines) is 1. The van der Waals surface area contributed by atoms with Gasteiger partial charge in [-0.1, -0.05) is 12.1 Å². The van der Waals surface area contributed by atoms with Gasteiger partial charge in [-0.3, -0.25) is 4.79 Å². The average molecular weight is 426 g/mol. The van der Waals surface area contributed by atoms with E-state index in [0.29, 0.717) is 64.7 Å². The fourth-order valence-corrected chi connectivity index (χ4v) is 3.06. The second kappa shape index (κ2) is 13.0. The Kier molecular flexibility index (Phi) is 10.4. The number of methoxy groups -OCH3 is 1. The summed E-state index contributed by atoms with van der Waals surface area (Å²) < 4.78 is 21.4. The van der Waals surface area contributed by atoms with Gasteiger partial charge in [0.25, 0.3) is 0 Å². The minimum absolute atomic E-state index is 0.0404. The van der Waals surface area contributed by atoms with E-state index in [1.807, 2.05) is 0 Å². The molecule has 10 heteroatoms. The van der Waals surface area contributed by atoms with Crippen LogP contribution >= 0.6 is 0 Å². The van der Waals surface area contributed by atoms with Crippen LogP contribution in [-0.2, 0) is 23.7 Å². The van der Waals surface area contributed by atoms with Crippen molar-refractivity contribution in [1.82, 2.24) is 10.2 Å². The van der Waals surface area contributed by atoms with Gasteiger partial charge in [-0.15, -0.1) is 0 Å². The molecule has 1 aliphatic rings. The molecular weight excluding hydrogens is 396 g/mol. The Morgan fingerprint density at radius 1 is 1.10 bits per heavy atom. The van der Waals surface area contributed by atoms with Crippen molar-refractivity contribution in [3.05, 3.63) is 29.8 Å². The third-order valence-corrected chi connectivity index (χ3v) is 4.58. The Bertz CT molecular complexity index is 655. The molecule has 2 amide bonds. The van der Waals surface area contributed by atoms with Crippen molar-refractivity contribution in [2.45, 2.75) is 18.6 Å². The molecule has 2 atom stereocenters. The molecule has 10 nitrogen and oxygen atoms in total. The molecule has 30 heavy (non-hydrogen) atoms. The molecule has 168 valence electrons. The van der Waals surface area contributed by atoms with Crippen molar-refractivity contribution < 1.29 is 38.7 Å². The molecule has 0 saturated carbocycles. The van der Waals surface area contributed by atoms with Gasteiger partial charge in [-0.05, 0) is 24.1 Å². The first-order chi connectivity index (χ1) is 14.5. The zero-order valence-corrected chi connectivity index (χ0v) is 17.1. The molecule has 0 bridgehead atoms. The van der Waals surface area contributed by atoms with Crippen molar-refractivity contribution in [1.29, 1.82) is 0 Å². The Labute approximate surface area is 175 Å². The second-order valence-electron chi connectivity index (χ2n) is 6.76. The lowest BCUT2D eigenvalue weighted by Crippen LogP contribution is -2.42. The van der Waals surface area contributed by atoms with Gasteiger partial charge < -0.3 is 39.4 Å². The lowest BCUT2D eigenvalue weighted by Gasteiger charge is -2.24. The predicted molar refractivity (Wildman–Crippen MR) is 106 cm³/mol. The Morgan fingerprint density at radius 3 is 2.37 bits per heavy atom. The molecule has 1 aromatic rings. The molecule has 1 heterocycles. The number of hydrogen-bond acceptors (Lipinski definition) is 7. The maximum Gasteiger partial charge on any atom is 0.405 e. The highest BCUT2D eigenvalue weighted by molar-refractivity contribution is 5.86. The molecule has 1 unspecified atom stereocenters. The summed E-state index contributed by atoms with van der Waals surface area (Å²) in [6, 6.07) is 4.83. The van der Waals surface area contributed by atoms with Crippen LogP contribution in [-0.4, -0.2) is 93.1 Å². The van der Waals surface area contributed by atoms with E-state index in [0.717, 1.165) is 0 Å². The number of nitrogens with zero attached hydrogens (tertiary/aromatic N) is 1. The Balaban J connectivity index is 1.72. The van der Waals surface area contributed by atoms with E-state index in [1.54, 1.807) is 12.0 Å². The monoisotopic (exact) mass is 426 g/mol. The number of phenolic OH excluding ortho intramolecular Hbond substituents is 1. The maximum absolute atomic E-state index is 12.9. The summed E-state index contributed by atoms with van der Waals surface area (Å²) in [6.07, 6.45) is -0.751. The van der Waals surface area contributed by atoms with Gasteiger partial charge in [0.15, 0.2) is 0 Å². The number of carbonyl (C=O) groups is 2. The van der Waals surface area contributed by atoms with Crippen molar-refractivity contribution in [2.24, 2.45) is 0 Å². The topological polar surface area (TPSA) is 127 Å². The third kappa shape index (κ3) is 8.15. The van der Waals surface area contributed by atoms with Gasteiger partial charge in [-0.2, -0.15) is 0 Å². The van der Waals surface area contributed by atoms with Crippen LogP contribution < -0.4 is 5.32 Å². The fourth-order valence-electron chi connectivity index (χ4n) is 3.06. The number of carbonyl (C=O) groups excluding carboxylic acids is 1. The van der Waals surface area contributed by atoms with Crippen molar-refractivity contribution in [3.8, 4) is 5.75 Å². The molecule has 1 fully saturated rings. The standard InChI is InChI=1S/C20H30N2O8/c1-27-8-9-28-10-11-29-12-13-30-17-6-7-22(14-17)19(24)18(21-20(25)26)15-2-4-16(23)5-3-15/h2-5,17-18,21,23H,6-14H2,1H3,(H,25,26)/t17-,18?/m0/s1. The molecule has 2 rings (SSSR count). The van der Waals surface area contributed by atoms with Crippen LogP contribution in [0.5, 0.6) is 5.75 Å². The van der Waals surface area contributed by atoms with E-state index < -0.39 is 12.1 Å². The molecule has 0 radical (unpaired) electrons.